The fourth-order valence-corrected chi connectivity index (χ4v) is 2.28. The van der Waals surface area contributed by atoms with Crippen molar-refractivity contribution in [3.8, 4) is 5.75 Å². The minimum atomic E-state index is -0.244. The van der Waals surface area contributed by atoms with E-state index in [0.717, 1.165) is 43.9 Å². The number of benzene rings is 1. The smallest absolute Gasteiger partial charge is 0.170 e. The van der Waals surface area contributed by atoms with Gasteiger partial charge in [-0.2, -0.15) is 0 Å². The molecule has 0 aliphatic carbocycles. The summed E-state index contributed by atoms with van der Waals surface area (Å²) in [5.41, 5.74) is 0.538. The van der Waals surface area contributed by atoms with Gasteiger partial charge in [0.25, 0.3) is 0 Å². The van der Waals surface area contributed by atoms with Crippen LogP contribution in [0.1, 0.15) is 37.0 Å². The van der Waals surface area contributed by atoms with E-state index in [-0.39, 0.29) is 11.2 Å². The van der Waals surface area contributed by atoms with Crippen LogP contribution in [-0.2, 0) is 0 Å². The SMILES string of the molecule is CCCOc1ccc(C(=O)C2(C)CCNC2)cc1. The van der Waals surface area contributed by atoms with Crippen LogP contribution >= 0.6 is 0 Å². The second-order valence-corrected chi connectivity index (χ2v) is 5.19. The monoisotopic (exact) mass is 247 g/mol. The molecule has 1 aliphatic rings. The Kier molecular flexibility index (Phi) is 4.02. The zero-order chi connectivity index (χ0) is 13.0. The fraction of sp³-hybridized carbons (Fsp3) is 0.533. The summed E-state index contributed by atoms with van der Waals surface area (Å²) in [5.74, 6) is 1.07. The van der Waals surface area contributed by atoms with Gasteiger partial charge >= 0.3 is 0 Å². The maximum absolute atomic E-state index is 12.4. The number of carbonyl (C=O) groups is 1. The summed E-state index contributed by atoms with van der Waals surface area (Å²) in [4.78, 5) is 12.4. The Morgan fingerprint density at radius 1 is 1.39 bits per heavy atom. The minimum absolute atomic E-state index is 0.231. The van der Waals surface area contributed by atoms with E-state index < -0.39 is 0 Å². The summed E-state index contributed by atoms with van der Waals surface area (Å²) in [6, 6.07) is 7.51. The summed E-state index contributed by atoms with van der Waals surface area (Å²) in [6.07, 6.45) is 1.91. The summed E-state index contributed by atoms with van der Waals surface area (Å²) in [6.45, 7) is 6.54. The largest absolute Gasteiger partial charge is 0.494 e. The molecule has 2 rings (SSSR count). The number of rotatable bonds is 5. The first-order valence-corrected chi connectivity index (χ1v) is 6.64. The van der Waals surface area contributed by atoms with E-state index in [9.17, 15) is 4.79 Å². The molecule has 0 amide bonds. The first-order chi connectivity index (χ1) is 8.65. The highest BCUT2D eigenvalue weighted by Crippen LogP contribution is 2.29. The van der Waals surface area contributed by atoms with Gasteiger partial charge in [-0.05, 0) is 43.7 Å². The molecule has 1 unspecified atom stereocenters. The van der Waals surface area contributed by atoms with E-state index in [1.807, 2.05) is 31.2 Å². The van der Waals surface area contributed by atoms with Crippen molar-refractivity contribution in [1.82, 2.24) is 5.32 Å². The van der Waals surface area contributed by atoms with E-state index in [4.69, 9.17) is 4.74 Å². The van der Waals surface area contributed by atoms with Crippen molar-refractivity contribution in [2.75, 3.05) is 19.7 Å². The molecule has 1 heterocycles. The van der Waals surface area contributed by atoms with Gasteiger partial charge in [0.15, 0.2) is 5.78 Å². The van der Waals surface area contributed by atoms with Gasteiger partial charge in [-0.3, -0.25) is 4.79 Å². The lowest BCUT2D eigenvalue weighted by Gasteiger charge is -2.20. The van der Waals surface area contributed by atoms with Crippen molar-refractivity contribution in [3.05, 3.63) is 29.8 Å². The van der Waals surface area contributed by atoms with Crippen LogP contribution in [0.2, 0.25) is 0 Å². The zero-order valence-corrected chi connectivity index (χ0v) is 11.2. The Bertz CT molecular complexity index is 405. The highest BCUT2D eigenvalue weighted by Gasteiger charge is 2.36. The third-order valence-electron chi connectivity index (χ3n) is 3.51. The van der Waals surface area contributed by atoms with Crippen LogP contribution < -0.4 is 10.1 Å². The van der Waals surface area contributed by atoms with E-state index in [0.29, 0.717) is 0 Å². The van der Waals surface area contributed by atoms with Gasteiger partial charge in [0.2, 0.25) is 0 Å². The Morgan fingerprint density at radius 2 is 2.11 bits per heavy atom. The average Bonchev–Trinajstić information content (AvgIpc) is 2.84. The van der Waals surface area contributed by atoms with Crippen molar-refractivity contribution < 1.29 is 9.53 Å². The summed E-state index contributed by atoms with van der Waals surface area (Å²) < 4.78 is 5.52. The Morgan fingerprint density at radius 3 is 2.67 bits per heavy atom. The summed E-state index contributed by atoms with van der Waals surface area (Å²) in [5, 5.41) is 3.26. The van der Waals surface area contributed by atoms with Crippen LogP contribution in [-0.4, -0.2) is 25.5 Å². The predicted molar refractivity (Wildman–Crippen MR) is 72.2 cm³/mol. The lowest BCUT2D eigenvalue weighted by molar-refractivity contribution is 0.0839. The molecule has 0 spiro atoms. The van der Waals surface area contributed by atoms with Crippen LogP contribution in [0.5, 0.6) is 5.75 Å². The number of nitrogens with one attached hydrogen (secondary N) is 1. The molecule has 1 atom stereocenters. The topological polar surface area (TPSA) is 38.3 Å². The maximum Gasteiger partial charge on any atom is 0.170 e. The normalized spacial score (nSPS) is 23.0. The molecule has 0 aromatic heterocycles. The van der Waals surface area contributed by atoms with Crippen LogP contribution in [0.4, 0.5) is 0 Å². The van der Waals surface area contributed by atoms with Crippen molar-refractivity contribution in [2.45, 2.75) is 26.7 Å². The summed E-state index contributed by atoms with van der Waals surface area (Å²) >= 11 is 0. The zero-order valence-electron chi connectivity index (χ0n) is 11.2. The third-order valence-corrected chi connectivity index (χ3v) is 3.51. The van der Waals surface area contributed by atoms with Gasteiger partial charge in [0, 0.05) is 17.5 Å². The van der Waals surface area contributed by atoms with Crippen LogP contribution in [0.15, 0.2) is 24.3 Å². The molecule has 1 aromatic carbocycles. The molecule has 0 bridgehead atoms. The van der Waals surface area contributed by atoms with Crippen LogP contribution in [0, 0.1) is 5.41 Å². The molecule has 3 heteroatoms. The molecule has 1 saturated heterocycles. The molecular formula is C15H21NO2. The second kappa shape index (κ2) is 5.53. The molecule has 1 fully saturated rings. The first-order valence-electron chi connectivity index (χ1n) is 6.64. The fourth-order valence-electron chi connectivity index (χ4n) is 2.28. The van der Waals surface area contributed by atoms with Gasteiger partial charge in [-0.25, -0.2) is 0 Å². The van der Waals surface area contributed by atoms with Gasteiger partial charge < -0.3 is 10.1 Å². The van der Waals surface area contributed by atoms with E-state index in [2.05, 4.69) is 12.2 Å². The number of hydrogen-bond acceptors (Lipinski definition) is 3. The molecule has 0 radical (unpaired) electrons. The van der Waals surface area contributed by atoms with Crippen molar-refractivity contribution in [2.24, 2.45) is 5.41 Å². The molecule has 0 saturated carbocycles. The average molecular weight is 247 g/mol. The number of Topliss-reactive ketones (excluding diaryl/α,β-unsaturated/α-hetero) is 1. The first kappa shape index (κ1) is 13.1. The van der Waals surface area contributed by atoms with E-state index in [1.165, 1.54) is 0 Å². The number of ether oxygens (including phenoxy) is 1. The van der Waals surface area contributed by atoms with Crippen LogP contribution in [0.25, 0.3) is 0 Å². The lowest BCUT2D eigenvalue weighted by Crippen LogP contribution is -2.30. The summed E-state index contributed by atoms with van der Waals surface area (Å²) in [7, 11) is 0. The quantitative estimate of drug-likeness (QED) is 0.813. The Hall–Kier alpha value is -1.35. The molecule has 98 valence electrons. The molecule has 3 nitrogen and oxygen atoms in total. The number of carbonyl (C=O) groups excluding carboxylic acids is 1. The maximum atomic E-state index is 12.4. The van der Waals surface area contributed by atoms with Gasteiger partial charge in [-0.15, -0.1) is 0 Å². The second-order valence-electron chi connectivity index (χ2n) is 5.19. The Balaban J connectivity index is 2.07. The Labute approximate surface area is 109 Å². The predicted octanol–water partition coefficient (Wildman–Crippen LogP) is 2.66. The standard InChI is InChI=1S/C15H21NO2/c1-3-10-18-13-6-4-12(5-7-13)14(17)15(2)8-9-16-11-15/h4-7,16H,3,8-11H2,1-2H3. The molecular weight excluding hydrogens is 226 g/mol. The molecule has 18 heavy (non-hydrogen) atoms. The molecule has 1 aliphatic heterocycles. The lowest BCUT2D eigenvalue weighted by atomic mass is 9.81. The number of hydrogen-bond donors (Lipinski definition) is 1. The van der Waals surface area contributed by atoms with Gasteiger partial charge in [0.1, 0.15) is 5.75 Å². The van der Waals surface area contributed by atoms with E-state index in [1.54, 1.807) is 0 Å². The third kappa shape index (κ3) is 2.72. The molecule has 1 N–H and O–H groups in total. The number of ketones is 1. The highest BCUT2D eigenvalue weighted by molar-refractivity contribution is 6.00. The van der Waals surface area contributed by atoms with Crippen molar-refractivity contribution in [3.63, 3.8) is 0 Å². The van der Waals surface area contributed by atoms with Crippen LogP contribution in [0.3, 0.4) is 0 Å². The van der Waals surface area contributed by atoms with Crippen molar-refractivity contribution in [1.29, 1.82) is 0 Å². The van der Waals surface area contributed by atoms with E-state index >= 15 is 0 Å². The molecule has 1 aromatic rings. The highest BCUT2D eigenvalue weighted by atomic mass is 16.5. The van der Waals surface area contributed by atoms with Gasteiger partial charge in [-0.1, -0.05) is 13.8 Å². The minimum Gasteiger partial charge on any atom is -0.494 e. The van der Waals surface area contributed by atoms with Gasteiger partial charge in [0.05, 0.1) is 6.61 Å². The van der Waals surface area contributed by atoms with Crippen molar-refractivity contribution >= 4 is 5.78 Å².